The van der Waals surface area contributed by atoms with Crippen LogP contribution in [0.3, 0.4) is 0 Å². The Bertz CT molecular complexity index is 1480. The predicted molar refractivity (Wildman–Crippen MR) is 151 cm³/mol. The summed E-state index contributed by atoms with van der Waals surface area (Å²) in [5.41, 5.74) is 4.29. The maximum atomic E-state index is 12.5. The van der Waals surface area contributed by atoms with Crippen LogP contribution in [0.15, 0.2) is 67.0 Å². The summed E-state index contributed by atoms with van der Waals surface area (Å²) in [7, 11) is -1.33. The number of piperazine rings is 1. The van der Waals surface area contributed by atoms with Crippen molar-refractivity contribution >= 4 is 44.1 Å². The molecular weight excluding hydrogens is 486 g/mol. The van der Waals surface area contributed by atoms with E-state index in [2.05, 4.69) is 56.1 Å². The first-order valence-corrected chi connectivity index (χ1v) is 13.8. The van der Waals surface area contributed by atoms with Gasteiger partial charge in [0.1, 0.15) is 5.65 Å². The van der Waals surface area contributed by atoms with E-state index in [1.54, 1.807) is 39.1 Å². The number of sulfonamides is 1. The highest BCUT2D eigenvalue weighted by Gasteiger charge is 2.28. The summed E-state index contributed by atoms with van der Waals surface area (Å²) in [4.78, 5) is 14.0. The number of nitrogens with one attached hydrogen (secondary N) is 2. The number of nitrogens with zero attached hydrogens (tertiary/aromatic N) is 5. The molecule has 9 nitrogen and oxygen atoms in total. The van der Waals surface area contributed by atoms with E-state index in [1.807, 2.05) is 29.0 Å². The summed E-state index contributed by atoms with van der Waals surface area (Å²) >= 11 is 0. The van der Waals surface area contributed by atoms with E-state index in [4.69, 9.17) is 4.98 Å². The summed E-state index contributed by atoms with van der Waals surface area (Å²) in [6.07, 6.45) is 3.73. The van der Waals surface area contributed by atoms with Gasteiger partial charge in [-0.1, -0.05) is 0 Å². The van der Waals surface area contributed by atoms with Gasteiger partial charge in [-0.25, -0.2) is 13.4 Å². The van der Waals surface area contributed by atoms with E-state index in [0.717, 1.165) is 48.6 Å². The Hall–Kier alpha value is -3.63. The minimum atomic E-state index is -3.49. The second-order valence-corrected chi connectivity index (χ2v) is 12.8. The minimum absolute atomic E-state index is 0.509. The summed E-state index contributed by atoms with van der Waals surface area (Å²) in [6.45, 7) is 9.22. The zero-order chi connectivity index (χ0) is 26.2. The number of likely N-dealkylation sites (N-methyl/N-ethyl adjacent to an activating group) is 1. The highest BCUT2D eigenvalue weighted by atomic mass is 32.2. The molecule has 2 aromatic carbocycles. The second kappa shape index (κ2) is 9.68. The fourth-order valence-corrected chi connectivity index (χ4v) is 4.89. The Morgan fingerprint density at radius 2 is 1.46 bits per heavy atom. The number of hydrogen-bond donors (Lipinski definition) is 2. The minimum Gasteiger partial charge on any atom is -0.369 e. The van der Waals surface area contributed by atoms with Crippen LogP contribution in [0.2, 0.25) is 0 Å². The van der Waals surface area contributed by atoms with Crippen molar-refractivity contribution in [3.05, 3.63) is 67.0 Å². The quantitative estimate of drug-likeness (QED) is 0.388. The summed E-state index contributed by atoms with van der Waals surface area (Å²) in [5, 5.41) is 4.22. The normalized spacial score (nSPS) is 15.2. The van der Waals surface area contributed by atoms with Crippen LogP contribution < -0.4 is 14.9 Å². The summed E-state index contributed by atoms with van der Waals surface area (Å²) < 4.78 is 28.6. The van der Waals surface area contributed by atoms with Crippen LogP contribution in [0.1, 0.15) is 20.8 Å². The highest BCUT2D eigenvalue weighted by molar-refractivity contribution is 7.94. The maximum absolute atomic E-state index is 12.5. The second-order valence-electron chi connectivity index (χ2n) is 10.4. The fourth-order valence-electron chi connectivity index (χ4n) is 4.13. The molecule has 0 radical (unpaired) electrons. The van der Waals surface area contributed by atoms with Crippen molar-refractivity contribution in [1.29, 1.82) is 0 Å². The molecule has 0 amide bonds. The standard InChI is InChI=1S/C27H33N7O2S/c1-27(2,3)37(35,36)31-22-7-11-24(12-8-22)34-14-13-20-19-28-26(30-25(20)34)29-21-5-9-23(10-6-21)33-17-15-32(4)16-18-33/h5-14,19,31H,15-18H2,1-4H3,(H,28,29,30). The third-order valence-electron chi connectivity index (χ3n) is 6.62. The van der Waals surface area contributed by atoms with Crippen LogP contribution in [-0.2, 0) is 10.0 Å². The molecule has 10 heteroatoms. The number of hydrogen-bond acceptors (Lipinski definition) is 7. The van der Waals surface area contributed by atoms with Gasteiger partial charge in [0.25, 0.3) is 0 Å². The van der Waals surface area contributed by atoms with Gasteiger partial charge in [-0.3, -0.25) is 4.72 Å². The lowest BCUT2D eigenvalue weighted by Gasteiger charge is -2.34. The molecule has 1 saturated heterocycles. The average Bonchev–Trinajstić information content (AvgIpc) is 3.28. The Balaban J connectivity index is 1.32. The molecule has 5 rings (SSSR count). The van der Waals surface area contributed by atoms with Gasteiger partial charge < -0.3 is 19.7 Å². The summed E-state index contributed by atoms with van der Waals surface area (Å²) in [5.74, 6) is 0.509. The zero-order valence-corrected chi connectivity index (χ0v) is 22.5. The van der Waals surface area contributed by atoms with Gasteiger partial charge in [0, 0.05) is 66.7 Å². The highest BCUT2D eigenvalue weighted by Crippen LogP contribution is 2.25. The fraction of sp³-hybridized carbons (Fsp3) is 0.333. The summed E-state index contributed by atoms with van der Waals surface area (Å²) in [6, 6.07) is 17.6. The van der Waals surface area contributed by atoms with Crippen molar-refractivity contribution in [2.45, 2.75) is 25.5 Å². The topological polar surface area (TPSA) is 95.4 Å². The van der Waals surface area contributed by atoms with Crippen LogP contribution >= 0.6 is 0 Å². The van der Waals surface area contributed by atoms with Crippen LogP contribution in [0.25, 0.3) is 16.7 Å². The Labute approximate surface area is 218 Å². The molecule has 2 aromatic heterocycles. The van der Waals surface area contributed by atoms with Crippen LogP contribution in [0.4, 0.5) is 23.0 Å². The largest absolute Gasteiger partial charge is 0.369 e. The lowest BCUT2D eigenvalue weighted by Crippen LogP contribution is -2.44. The third-order valence-corrected chi connectivity index (χ3v) is 8.74. The molecule has 0 aliphatic carbocycles. The van der Waals surface area contributed by atoms with Gasteiger partial charge in [-0.15, -0.1) is 0 Å². The maximum Gasteiger partial charge on any atom is 0.237 e. The number of anilines is 4. The molecular formula is C27H33N7O2S. The van der Waals surface area contributed by atoms with E-state index in [9.17, 15) is 8.42 Å². The molecule has 4 aromatic rings. The van der Waals surface area contributed by atoms with Crippen molar-refractivity contribution in [2.24, 2.45) is 0 Å². The van der Waals surface area contributed by atoms with Crippen molar-refractivity contribution in [3.8, 4) is 5.69 Å². The molecule has 1 aliphatic rings. The SMILES string of the molecule is CN1CCN(c2ccc(Nc3ncc4ccn(-c5ccc(NS(=O)(=O)C(C)(C)C)cc5)c4n3)cc2)CC1. The number of fused-ring (bicyclic) bond motifs is 1. The first-order chi connectivity index (χ1) is 17.6. The van der Waals surface area contributed by atoms with E-state index >= 15 is 0 Å². The molecule has 0 saturated carbocycles. The number of aromatic nitrogens is 3. The molecule has 194 valence electrons. The first-order valence-electron chi connectivity index (χ1n) is 12.4. The van der Waals surface area contributed by atoms with Gasteiger partial charge in [-0.2, -0.15) is 4.98 Å². The van der Waals surface area contributed by atoms with Gasteiger partial charge in [0.05, 0.1) is 4.75 Å². The predicted octanol–water partition coefficient (Wildman–Crippen LogP) is 4.46. The molecule has 1 aliphatic heterocycles. The van der Waals surface area contributed by atoms with Gasteiger partial charge in [0.15, 0.2) is 0 Å². The van der Waals surface area contributed by atoms with Crippen molar-refractivity contribution in [2.75, 3.05) is 48.2 Å². The number of benzene rings is 2. The van der Waals surface area contributed by atoms with Crippen molar-refractivity contribution < 1.29 is 8.42 Å². The molecule has 2 N–H and O–H groups in total. The van der Waals surface area contributed by atoms with E-state index in [0.29, 0.717) is 11.6 Å². The van der Waals surface area contributed by atoms with Crippen LogP contribution in [0, 0.1) is 0 Å². The molecule has 0 atom stereocenters. The monoisotopic (exact) mass is 519 g/mol. The van der Waals surface area contributed by atoms with E-state index in [1.165, 1.54) is 5.69 Å². The van der Waals surface area contributed by atoms with Crippen LogP contribution in [-0.4, -0.2) is 65.8 Å². The average molecular weight is 520 g/mol. The number of rotatable bonds is 6. The van der Waals surface area contributed by atoms with Gasteiger partial charge in [0.2, 0.25) is 16.0 Å². The zero-order valence-electron chi connectivity index (χ0n) is 21.6. The Morgan fingerprint density at radius 3 is 2.11 bits per heavy atom. The molecule has 0 unspecified atom stereocenters. The van der Waals surface area contributed by atoms with E-state index < -0.39 is 14.8 Å². The molecule has 0 spiro atoms. The van der Waals surface area contributed by atoms with Crippen LogP contribution in [0.5, 0.6) is 0 Å². The van der Waals surface area contributed by atoms with Gasteiger partial charge in [-0.05, 0) is 82.4 Å². The van der Waals surface area contributed by atoms with Crippen molar-refractivity contribution in [3.63, 3.8) is 0 Å². The van der Waals surface area contributed by atoms with Crippen molar-refractivity contribution in [1.82, 2.24) is 19.4 Å². The Morgan fingerprint density at radius 1 is 0.838 bits per heavy atom. The molecule has 0 bridgehead atoms. The third kappa shape index (κ3) is 5.40. The Kier molecular flexibility index (Phi) is 6.55. The smallest absolute Gasteiger partial charge is 0.237 e. The first kappa shape index (κ1) is 25.0. The molecule has 1 fully saturated rings. The van der Waals surface area contributed by atoms with E-state index in [-0.39, 0.29) is 0 Å². The van der Waals surface area contributed by atoms with Gasteiger partial charge >= 0.3 is 0 Å². The molecule has 3 heterocycles. The lowest BCUT2D eigenvalue weighted by molar-refractivity contribution is 0.313. The lowest BCUT2D eigenvalue weighted by atomic mass is 10.2. The molecule has 37 heavy (non-hydrogen) atoms.